The van der Waals surface area contributed by atoms with Gasteiger partial charge in [-0.05, 0) is 5.56 Å². The average molecular weight is 543 g/mol. The predicted octanol–water partition coefficient (Wildman–Crippen LogP) is 3.46. The van der Waals surface area contributed by atoms with Gasteiger partial charge >= 0.3 is 21.4 Å². The molecule has 0 aliphatic rings. The lowest BCUT2D eigenvalue weighted by Gasteiger charge is -2.31. The van der Waals surface area contributed by atoms with Crippen molar-refractivity contribution in [3.63, 3.8) is 0 Å². The quantitative estimate of drug-likeness (QED) is 0.285. The van der Waals surface area contributed by atoms with Crippen LogP contribution in [-0.2, 0) is 14.8 Å². The zero-order valence-corrected chi connectivity index (χ0v) is 15.6. The highest BCUT2D eigenvalue weighted by atomic mass is 127. The van der Waals surface area contributed by atoms with Gasteiger partial charge in [-0.25, -0.2) is 13.2 Å². The Kier molecular flexibility index (Phi) is 7.12. The van der Waals surface area contributed by atoms with Crippen molar-refractivity contribution in [3.8, 4) is 0 Å². The Bertz CT molecular complexity index is 742. The van der Waals surface area contributed by atoms with Gasteiger partial charge in [-0.2, -0.15) is 39.8 Å². The van der Waals surface area contributed by atoms with Gasteiger partial charge in [0.25, 0.3) is 10.0 Å². The number of benzene rings is 1. The Morgan fingerprint density at radius 1 is 1.00 bits per heavy atom. The molecule has 0 bridgehead atoms. The van der Waals surface area contributed by atoms with Crippen molar-refractivity contribution in [2.45, 2.75) is 27.4 Å². The van der Waals surface area contributed by atoms with Gasteiger partial charge < -0.3 is 5.11 Å². The number of aliphatic hydroxyl groups excluding tert-OH is 1. The summed E-state index contributed by atoms with van der Waals surface area (Å²) >= 11 is -0.343. The van der Waals surface area contributed by atoms with E-state index in [0.717, 1.165) is 16.9 Å². The molecular weight excluding hydrogens is 533 g/mol. The van der Waals surface area contributed by atoms with Crippen LogP contribution < -0.4 is 4.72 Å². The van der Waals surface area contributed by atoms with Crippen LogP contribution in [0.2, 0.25) is 0 Å². The van der Waals surface area contributed by atoms with E-state index < -0.39 is 44.1 Å². The number of rotatable bonds is 9. The third-order valence-electron chi connectivity index (χ3n) is 2.94. The van der Waals surface area contributed by atoms with Crippen molar-refractivity contribution in [3.05, 3.63) is 35.9 Å². The number of hydrogen-bond donors (Lipinski definition) is 2. The van der Waals surface area contributed by atoms with E-state index in [4.69, 9.17) is 5.11 Å². The van der Waals surface area contributed by atoms with Crippen molar-refractivity contribution >= 4 is 32.6 Å². The van der Waals surface area contributed by atoms with Crippen LogP contribution in [0.25, 0.3) is 0 Å². The first-order chi connectivity index (χ1) is 12.0. The van der Waals surface area contributed by atoms with Gasteiger partial charge in [0.15, 0.2) is 0 Å². The Balaban J connectivity index is 3.19. The first-order valence-corrected chi connectivity index (χ1v) is 9.13. The summed E-state index contributed by atoms with van der Waals surface area (Å²) in [6.07, 6.45) is -12.7. The Morgan fingerprint density at radius 2 is 1.48 bits per heavy atom. The molecule has 2 N–H and O–H groups in total. The number of sulfonamides is 1. The summed E-state index contributed by atoms with van der Waals surface area (Å²) in [7, 11) is -6.49. The zero-order valence-electron chi connectivity index (χ0n) is 12.7. The minimum atomic E-state index is -6.55. The molecule has 5 nitrogen and oxygen atoms in total. The molecule has 1 aromatic rings. The van der Waals surface area contributed by atoms with Crippen LogP contribution in [0.1, 0.15) is 11.6 Å². The van der Waals surface area contributed by atoms with Crippen LogP contribution in [0, 0.1) is 0 Å². The zero-order chi connectivity index (χ0) is 21.3. The van der Waals surface area contributed by atoms with Crippen LogP contribution >= 0.6 is 22.6 Å². The maximum Gasteiger partial charge on any atom is 0.448 e. The molecule has 0 aliphatic heterocycles. The van der Waals surface area contributed by atoms with Gasteiger partial charge in [-0.1, -0.05) is 30.3 Å². The van der Waals surface area contributed by atoms with Crippen molar-refractivity contribution in [1.29, 1.82) is 0 Å². The van der Waals surface area contributed by atoms with Gasteiger partial charge in [0.2, 0.25) is 0 Å². The SMILES string of the molecule is O=S(=O)(NC(CO)c1ccccc1)C(F)(F)C(F)(F)OC(F)(F)C(F)(F)I. The number of halogens is 9. The van der Waals surface area contributed by atoms with Crippen molar-refractivity contribution in [2.24, 2.45) is 0 Å². The smallest absolute Gasteiger partial charge is 0.394 e. The third kappa shape index (κ3) is 5.18. The molecule has 0 heterocycles. The molecule has 1 unspecified atom stereocenters. The molecule has 0 fully saturated rings. The normalized spacial score (nSPS) is 15.6. The molecule has 1 rings (SSSR count). The highest BCUT2D eigenvalue weighted by Gasteiger charge is 2.73. The summed E-state index contributed by atoms with van der Waals surface area (Å²) < 4.78 is 126. The summed E-state index contributed by atoms with van der Waals surface area (Å²) in [6.45, 7) is -1.17. The second kappa shape index (κ2) is 7.92. The topological polar surface area (TPSA) is 75.6 Å². The highest BCUT2D eigenvalue weighted by molar-refractivity contribution is 14.1. The number of ether oxygens (including phenoxy) is 1. The van der Waals surface area contributed by atoms with Crippen molar-refractivity contribution in [2.75, 3.05) is 6.61 Å². The maximum atomic E-state index is 13.7. The van der Waals surface area contributed by atoms with E-state index >= 15 is 0 Å². The summed E-state index contributed by atoms with van der Waals surface area (Å²) in [5.41, 5.74) is -0.132. The lowest BCUT2D eigenvalue weighted by atomic mass is 10.1. The largest absolute Gasteiger partial charge is 0.448 e. The van der Waals surface area contributed by atoms with Gasteiger partial charge in [0, 0.05) is 22.6 Å². The molecule has 1 aromatic carbocycles. The second-order valence-corrected chi connectivity index (χ2v) is 8.03. The monoisotopic (exact) mass is 543 g/mol. The van der Waals surface area contributed by atoms with E-state index in [1.165, 1.54) is 18.2 Å². The second-order valence-electron chi connectivity index (χ2n) is 4.92. The summed E-state index contributed by atoms with van der Waals surface area (Å²) in [5.74, 6) is 0. The maximum absolute atomic E-state index is 13.7. The predicted molar refractivity (Wildman–Crippen MR) is 83.2 cm³/mol. The van der Waals surface area contributed by atoms with Crippen LogP contribution in [-0.4, -0.2) is 41.5 Å². The first-order valence-electron chi connectivity index (χ1n) is 6.56. The van der Waals surface area contributed by atoms with Crippen molar-refractivity contribution in [1.82, 2.24) is 4.72 Å². The number of hydrogen-bond acceptors (Lipinski definition) is 4. The van der Waals surface area contributed by atoms with E-state index in [2.05, 4.69) is 4.74 Å². The van der Waals surface area contributed by atoms with Crippen LogP contribution in [0.15, 0.2) is 30.3 Å². The molecule has 0 spiro atoms. The molecule has 0 amide bonds. The number of aliphatic hydroxyl groups is 1. The first kappa shape index (κ1) is 24.3. The Morgan fingerprint density at radius 3 is 1.89 bits per heavy atom. The van der Waals surface area contributed by atoms with E-state index in [0.29, 0.717) is 0 Å². The molecule has 1 atom stereocenters. The van der Waals surface area contributed by atoms with Crippen LogP contribution in [0.5, 0.6) is 0 Å². The minimum absolute atomic E-state index is 0.132. The summed E-state index contributed by atoms with van der Waals surface area (Å²) in [5, 5.41) is 2.70. The lowest BCUT2D eigenvalue weighted by molar-refractivity contribution is -0.438. The highest BCUT2D eigenvalue weighted by Crippen LogP contribution is 2.48. The summed E-state index contributed by atoms with van der Waals surface area (Å²) in [4.78, 5) is 0. The van der Waals surface area contributed by atoms with Crippen LogP contribution in [0.4, 0.5) is 35.1 Å². The Labute approximate surface area is 160 Å². The standard InChI is InChI=1S/C12H10F8INO4S/c13-9(14,21)10(15,16)26-11(17,18)12(19,20)27(24,25)22-8(6-23)7-4-2-1-3-5-7/h1-5,8,22-23H,6H2. The van der Waals surface area contributed by atoms with Gasteiger partial charge in [-0.15, -0.1) is 0 Å². The molecule has 0 saturated heterocycles. The van der Waals surface area contributed by atoms with Gasteiger partial charge in [0.05, 0.1) is 12.6 Å². The third-order valence-corrected chi connectivity index (χ3v) is 5.08. The van der Waals surface area contributed by atoms with Gasteiger partial charge in [-0.3, -0.25) is 0 Å². The van der Waals surface area contributed by atoms with Crippen LogP contribution in [0.3, 0.4) is 0 Å². The molecule has 0 saturated carbocycles. The molecule has 0 aliphatic carbocycles. The van der Waals surface area contributed by atoms with Gasteiger partial charge in [0.1, 0.15) is 0 Å². The molecule has 0 aromatic heterocycles. The van der Waals surface area contributed by atoms with E-state index in [1.807, 2.05) is 0 Å². The molecule has 15 heteroatoms. The fourth-order valence-corrected chi connectivity index (χ4v) is 2.79. The van der Waals surface area contributed by atoms with E-state index in [1.54, 1.807) is 0 Å². The number of alkyl halides is 9. The average Bonchev–Trinajstić information content (AvgIpc) is 2.51. The molecule has 27 heavy (non-hydrogen) atoms. The molecular formula is C12H10F8INO4S. The van der Waals surface area contributed by atoms with Crippen molar-refractivity contribution < 1.29 is 53.4 Å². The van der Waals surface area contributed by atoms with E-state index in [-0.39, 0.29) is 28.2 Å². The fourth-order valence-electron chi connectivity index (χ4n) is 1.59. The number of nitrogens with one attached hydrogen (secondary N) is 1. The molecule has 0 radical (unpaired) electrons. The minimum Gasteiger partial charge on any atom is -0.394 e. The Hall–Kier alpha value is -0.780. The fraction of sp³-hybridized carbons (Fsp3) is 0.500. The van der Waals surface area contributed by atoms with E-state index in [9.17, 15) is 43.5 Å². The lowest BCUT2D eigenvalue weighted by Crippen LogP contribution is -2.57. The summed E-state index contributed by atoms with van der Waals surface area (Å²) in [6, 6.07) is 4.44. The molecule has 156 valence electrons.